The fourth-order valence-electron chi connectivity index (χ4n) is 1.91. The molecule has 1 aromatic heterocycles. The van der Waals surface area contributed by atoms with E-state index < -0.39 is 11.4 Å². The summed E-state index contributed by atoms with van der Waals surface area (Å²) in [5.74, 6) is -0.703. The number of amides is 1. The van der Waals surface area contributed by atoms with Crippen LogP contribution in [0, 0.1) is 12.7 Å². The molecule has 0 spiro atoms. The third-order valence-corrected chi connectivity index (χ3v) is 4.24. The van der Waals surface area contributed by atoms with E-state index in [2.05, 4.69) is 10.3 Å². The van der Waals surface area contributed by atoms with Gasteiger partial charge < -0.3 is 4.74 Å². The molecule has 110 valence electrons. The predicted octanol–water partition coefficient (Wildman–Crippen LogP) is 3.79. The van der Waals surface area contributed by atoms with E-state index in [4.69, 9.17) is 16.3 Å². The number of ether oxygens (including phenoxy) is 1. The van der Waals surface area contributed by atoms with Crippen molar-refractivity contribution >= 4 is 34.0 Å². The van der Waals surface area contributed by atoms with Crippen molar-refractivity contribution in [3.8, 4) is 5.75 Å². The Bertz CT molecular complexity index is 700. The largest absolute Gasteiger partial charge is 0.474 e. The number of aromatic nitrogens is 1. The number of nitrogens with one attached hydrogen (secondary N) is 1. The number of rotatable bonds is 4. The number of hydrogen-bond acceptors (Lipinski definition) is 4. The summed E-state index contributed by atoms with van der Waals surface area (Å²) in [5, 5.41) is 3.06. The van der Waals surface area contributed by atoms with Crippen molar-refractivity contribution in [2.24, 2.45) is 0 Å². The molecule has 1 heterocycles. The van der Waals surface area contributed by atoms with Crippen molar-refractivity contribution in [2.45, 2.75) is 25.4 Å². The molecule has 1 saturated carbocycles. The van der Waals surface area contributed by atoms with Crippen LogP contribution < -0.4 is 10.1 Å². The highest BCUT2D eigenvalue weighted by Gasteiger charge is 2.53. The molecule has 1 N–H and O–H groups in total. The van der Waals surface area contributed by atoms with Crippen LogP contribution in [-0.4, -0.2) is 16.5 Å². The van der Waals surface area contributed by atoms with Crippen LogP contribution in [-0.2, 0) is 4.79 Å². The second-order valence-electron chi connectivity index (χ2n) is 4.95. The molecule has 21 heavy (non-hydrogen) atoms. The number of aryl methyl sites for hydroxylation is 1. The number of benzene rings is 1. The Balaban J connectivity index is 1.73. The van der Waals surface area contributed by atoms with Gasteiger partial charge in [0.05, 0.1) is 6.20 Å². The second-order valence-corrected chi connectivity index (χ2v) is 6.62. The molecule has 2 aromatic rings. The summed E-state index contributed by atoms with van der Waals surface area (Å²) in [6.45, 7) is 1.79. The molecule has 1 aromatic carbocycles. The van der Waals surface area contributed by atoms with Gasteiger partial charge >= 0.3 is 0 Å². The van der Waals surface area contributed by atoms with Gasteiger partial charge in [0.1, 0.15) is 4.34 Å². The Morgan fingerprint density at radius 1 is 1.52 bits per heavy atom. The fourth-order valence-corrected chi connectivity index (χ4v) is 2.72. The fraction of sp³-hybridized carbons (Fsp3) is 0.286. The van der Waals surface area contributed by atoms with E-state index in [0.29, 0.717) is 22.3 Å². The van der Waals surface area contributed by atoms with Crippen LogP contribution in [0.5, 0.6) is 5.75 Å². The maximum atomic E-state index is 13.8. The number of hydrogen-bond donors (Lipinski definition) is 1. The monoisotopic (exact) mass is 326 g/mol. The van der Waals surface area contributed by atoms with Gasteiger partial charge in [-0.15, -0.1) is 0 Å². The Hall–Kier alpha value is -1.66. The van der Waals surface area contributed by atoms with Gasteiger partial charge in [-0.1, -0.05) is 29.0 Å². The molecule has 7 heteroatoms. The standard InChI is InChI=1S/C14H12ClFN2O2S/c1-8-2-3-10(9(16)6-8)20-14(4-5-14)12(19)18-13-17-7-11(15)21-13/h2-3,6-7H,4-5H2,1H3,(H,17,18,19). The number of carbonyl (C=O) groups is 1. The van der Waals surface area contributed by atoms with E-state index in [1.807, 2.05) is 0 Å². The van der Waals surface area contributed by atoms with Crippen molar-refractivity contribution in [3.05, 3.63) is 40.1 Å². The van der Waals surface area contributed by atoms with E-state index in [-0.39, 0.29) is 11.7 Å². The quantitative estimate of drug-likeness (QED) is 0.930. The van der Waals surface area contributed by atoms with Crippen LogP contribution in [0.25, 0.3) is 0 Å². The molecule has 0 unspecified atom stereocenters. The third-order valence-electron chi connectivity index (χ3n) is 3.21. The van der Waals surface area contributed by atoms with E-state index in [1.165, 1.54) is 18.3 Å². The summed E-state index contributed by atoms with van der Waals surface area (Å²) in [6, 6.07) is 4.66. The Morgan fingerprint density at radius 3 is 2.86 bits per heavy atom. The smallest absolute Gasteiger partial charge is 0.270 e. The molecule has 1 fully saturated rings. The molecule has 3 rings (SSSR count). The van der Waals surface area contributed by atoms with Crippen LogP contribution in [0.4, 0.5) is 9.52 Å². The highest BCUT2D eigenvalue weighted by Crippen LogP contribution is 2.42. The summed E-state index contributed by atoms with van der Waals surface area (Å²) in [4.78, 5) is 16.2. The first-order valence-corrected chi connectivity index (χ1v) is 7.56. The first-order chi connectivity index (χ1) is 9.98. The first-order valence-electron chi connectivity index (χ1n) is 6.36. The minimum absolute atomic E-state index is 0.0884. The maximum absolute atomic E-state index is 13.8. The van der Waals surface area contributed by atoms with Crippen LogP contribution >= 0.6 is 22.9 Å². The zero-order chi connectivity index (χ0) is 15.0. The highest BCUT2D eigenvalue weighted by atomic mass is 35.5. The lowest BCUT2D eigenvalue weighted by Gasteiger charge is -2.17. The van der Waals surface area contributed by atoms with Gasteiger partial charge in [-0.3, -0.25) is 10.1 Å². The van der Waals surface area contributed by atoms with Crippen LogP contribution in [0.1, 0.15) is 18.4 Å². The number of halogens is 2. The molecule has 0 bridgehead atoms. The number of nitrogens with zero attached hydrogens (tertiary/aromatic N) is 1. The van der Waals surface area contributed by atoms with Gasteiger partial charge in [-0.2, -0.15) is 0 Å². The SMILES string of the molecule is Cc1ccc(OC2(C(=O)Nc3ncc(Cl)s3)CC2)c(F)c1. The summed E-state index contributed by atoms with van der Waals surface area (Å²) in [7, 11) is 0. The summed E-state index contributed by atoms with van der Waals surface area (Å²) in [6.07, 6.45) is 2.55. The van der Waals surface area contributed by atoms with Crippen molar-refractivity contribution in [3.63, 3.8) is 0 Å². The highest BCUT2D eigenvalue weighted by molar-refractivity contribution is 7.19. The molecule has 0 saturated heterocycles. The maximum Gasteiger partial charge on any atom is 0.270 e. The predicted molar refractivity (Wildman–Crippen MR) is 79.5 cm³/mol. The van der Waals surface area contributed by atoms with Gasteiger partial charge in [0.2, 0.25) is 0 Å². The lowest BCUT2D eigenvalue weighted by atomic mass is 10.2. The molecule has 1 aliphatic carbocycles. The molecule has 0 radical (unpaired) electrons. The number of carbonyl (C=O) groups excluding carboxylic acids is 1. The molecule has 1 aliphatic rings. The summed E-state index contributed by atoms with van der Waals surface area (Å²) in [5.41, 5.74) is -0.208. The summed E-state index contributed by atoms with van der Waals surface area (Å²) >= 11 is 6.93. The average Bonchev–Trinajstić information content (AvgIpc) is 3.10. The van der Waals surface area contributed by atoms with E-state index in [0.717, 1.165) is 16.9 Å². The van der Waals surface area contributed by atoms with E-state index in [9.17, 15) is 9.18 Å². The minimum atomic E-state index is -1.01. The van der Waals surface area contributed by atoms with Gasteiger partial charge in [-0.25, -0.2) is 9.37 Å². The molecular formula is C14H12ClFN2O2S. The van der Waals surface area contributed by atoms with Crippen molar-refractivity contribution in [1.29, 1.82) is 0 Å². The van der Waals surface area contributed by atoms with E-state index in [1.54, 1.807) is 13.0 Å². The van der Waals surface area contributed by atoms with E-state index >= 15 is 0 Å². The van der Waals surface area contributed by atoms with Crippen molar-refractivity contribution < 1.29 is 13.9 Å². The zero-order valence-corrected chi connectivity index (χ0v) is 12.7. The van der Waals surface area contributed by atoms with Crippen molar-refractivity contribution in [2.75, 3.05) is 5.32 Å². The van der Waals surface area contributed by atoms with Crippen molar-refractivity contribution in [1.82, 2.24) is 4.98 Å². The number of anilines is 1. The van der Waals surface area contributed by atoms with Gasteiger partial charge in [0, 0.05) is 12.8 Å². The molecular weight excluding hydrogens is 315 g/mol. The zero-order valence-electron chi connectivity index (χ0n) is 11.2. The van der Waals surface area contributed by atoms with Crippen LogP contribution in [0.3, 0.4) is 0 Å². The lowest BCUT2D eigenvalue weighted by molar-refractivity contribution is -0.124. The second kappa shape index (κ2) is 5.27. The number of thiazole rings is 1. The Morgan fingerprint density at radius 2 is 2.29 bits per heavy atom. The molecule has 0 atom stereocenters. The van der Waals surface area contributed by atoms with Gasteiger partial charge in [-0.05, 0) is 24.6 Å². The minimum Gasteiger partial charge on any atom is -0.474 e. The lowest BCUT2D eigenvalue weighted by Crippen LogP contribution is -2.35. The topological polar surface area (TPSA) is 51.2 Å². The molecule has 1 amide bonds. The Kier molecular flexibility index (Phi) is 3.59. The normalized spacial score (nSPS) is 15.6. The molecule has 0 aliphatic heterocycles. The third kappa shape index (κ3) is 3.01. The average molecular weight is 327 g/mol. The Labute approximate surface area is 129 Å². The molecule has 4 nitrogen and oxygen atoms in total. The summed E-state index contributed by atoms with van der Waals surface area (Å²) < 4.78 is 19.9. The van der Waals surface area contributed by atoms with Gasteiger partial charge in [0.15, 0.2) is 22.3 Å². The van der Waals surface area contributed by atoms with Crippen LogP contribution in [0.2, 0.25) is 4.34 Å². The van der Waals surface area contributed by atoms with Crippen LogP contribution in [0.15, 0.2) is 24.4 Å². The van der Waals surface area contributed by atoms with Gasteiger partial charge in [0.25, 0.3) is 5.91 Å². The first kappa shape index (κ1) is 14.3.